The first-order valence-electron chi connectivity index (χ1n) is 9.24. The van der Waals surface area contributed by atoms with E-state index in [-0.39, 0.29) is 29.5 Å². The van der Waals surface area contributed by atoms with Crippen molar-refractivity contribution in [2.24, 2.45) is 5.92 Å². The lowest BCUT2D eigenvalue weighted by Gasteiger charge is -2.41. The second kappa shape index (κ2) is 7.74. The minimum atomic E-state index is -0.874. The SMILES string of the molecule is CCN(C[C@@H]1COC[C@@H](O)[C@H]1O)C(=O)CC1=CC(C)(C)NC(C)(C)C1. The highest BCUT2D eigenvalue weighted by atomic mass is 16.5. The summed E-state index contributed by atoms with van der Waals surface area (Å²) >= 11 is 0. The molecule has 0 bridgehead atoms. The van der Waals surface area contributed by atoms with Gasteiger partial charge in [-0.3, -0.25) is 4.79 Å². The van der Waals surface area contributed by atoms with Gasteiger partial charge in [0.1, 0.15) is 6.10 Å². The third kappa shape index (κ3) is 5.51. The third-order valence-corrected chi connectivity index (χ3v) is 4.96. The fourth-order valence-corrected chi connectivity index (χ4v) is 4.20. The van der Waals surface area contributed by atoms with Crippen LogP contribution in [0, 0.1) is 5.92 Å². The van der Waals surface area contributed by atoms with Crippen molar-refractivity contribution in [1.29, 1.82) is 0 Å². The van der Waals surface area contributed by atoms with E-state index >= 15 is 0 Å². The average molecular weight is 354 g/mol. The van der Waals surface area contributed by atoms with Crippen molar-refractivity contribution in [3.63, 3.8) is 0 Å². The quantitative estimate of drug-likeness (QED) is 0.644. The molecule has 144 valence electrons. The fraction of sp³-hybridized carbons (Fsp3) is 0.842. The van der Waals surface area contributed by atoms with E-state index in [1.807, 2.05) is 6.92 Å². The lowest BCUT2D eigenvalue weighted by molar-refractivity contribution is -0.141. The van der Waals surface area contributed by atoms with Crippen molar-refractivity contribution in [3.05, 3.63) is 11.6 Å². The average Bonchev–Trinajstić information content (AvgIpc) is 2.45. The van der Waals surface area contributed by atoms with Gasteiger partial charge in [0.25, 0.3) is 0 Å². The summed E-state index contributed by atoms with van der Waals surface area (Å²) in [5.74, 6) is -0.183. The molecule has 3 N–H and O–H groups in total. The summed E-state index contributed by atoms with van der Waals surface area (Å²) < 4.78 is 5.33. The third-order valence-electron chi connectivity index (χ3n) is 4.96. The molecular weight excluding hydrogens is 320 g/mol. The molecule has 6 heteroatoms. The van der Waals surface area contributed by atoms with Gasteiger partial charge in [-0.05, 0) is 41.0 Å². The number of aliphatic hydroxyl groups is 2. The van der Waals surface area contributed by atoms with Gasteiger partial charge in [0.15, 0.2) is 0 Å². The fourth-order valence-electron chi connectivity index (χ4n) is 4.20. The first-order chi connectivity index (χ1) is 11.5. The summed E-state index contributed by atoms with van der Waals surface area (Å²) in [6, 6.07) is 0. The molecule has 2 rings (SSSR count). The highest BCUT2D eigenvalue weighted by Gasteiger charge is 2.35. The van der Waals surface area contributed by atoms with Crippen LogP contribution in [0.25, 0.3) is 0 Å². The molecule has 0 aliphatic carbocycles. The molecule has 6 nitrogen and oxygen atoms in total. The van der Waals surface area contributed by atoms with Gasteiger partial charge in [0.05, 0.1) is 19.3 Å². The van der Waals surface area contributed by atoms with E-state index in [1.165, 1.54) is 0 Å². The van der Waals surface area contributed by atoms with Crippen LogP contribution in [-0.4, -0.2) is 70.6 Å². The molecule has 0 aromatic rings. The number of nitrogens with one attached hydrogen (secondary N) is 1. The van der Waals surface area contributed by atoms with Gasteiger partial charge in [-0.15, -0.1) is 0 Å². The lowest BCUT2D eigenvalue weighted by Crippen LogP contribution is -2.54. The molecule has 1 amide bonds. The van der Waals surface area contributed by atoms with E-state index in [0.29, 0.717) is 26.1 Å². The molecular formula is C19H34N2O4. The topological polar surface area (TPSA) is 82.0 Å². The van der Waals surface area contributed by atoms with Gasteiger partial charge < -0.3 is 25.2 Å². The predicted molar refractivity (Wildman–Crippen MR) is 97.2 cm³/mol. The Hall–Kier alpha value is -0.950. The zero-order valence-corrected chi connectivity index (χ0v) is 16.2. The smallest absolute Gasteiger partial charge is 0.226 e. The number of ether oxygens (including phenoxy) is 1. The molecule has 0 unspecified atom stereocenters. The maximum atomic E-state index is 12.8. The van der Waals surface area contributed by atoms with E-state index in [9.17, 15) is 15.0 Å². The summed E-state index contributed by atoms with van der Waals surface area (Å²) in [6.07, 6.45) is 1.68. The second-order valence-corrected chi connectivity index (χ2v) is 8.67. The highest BCUT2D eigenvalue weighted by Crippen LogP contribution is 2.30. The van der Waals surface area contributed by atoms with E-state index in [0.717, 1.165) is 12.0 Å². The summed E-state index contributed by atoms with van der Waals surface area (Å²) in [5.41, 5.74) is 0.978. The van der Waals surface area contributed by atoms with Gasteiger partial charge in [-0.25, -0.2) is 0 Å². The highest BCUT2D eigenvalue weighted by molar-refractivity contribution is 5.79. The number of carbonyl (C=O) groups is 1. The zero-order chi connectivity index (χ0) is 18.8. The van der Waals surface area contributed by atoms with E-state index < -0.39 is 12.2 Å². The van der Waals surface area contributed by atoms with Gasteiger partial charge in [0, 0.05) is 36.5 Å². The van der Waals surface area contributed by atoms with Crippen molar-refractivity contribution in [1.82, 2.24) is 10.2 Å². The van der Waals surface area contributed by atoms with Crippen LogP contribution in [0.5, 0.6) is 0 Å². The van der Waals surface area contributed by atoms with Crippen LogP contribution in [0.3, 0.4) is 0 Å². The largest absolute Gasteiger partial charge is 0.390 e. The molecule has 1 fully saturated rings. The van der Waals surface area contributed by atoms with Crippen LogP contribution in [0.15, 0.2) is 11.6 Å². The van der Waals surface area contributed by atoms with E-state index in [2.05, 4.69) is 39.1 Å². The summed E-state index contributed by atoms with van der Waals surface area (Å²) in [7, 11) is 0. The first-order valence-corrected chi connectivity index (χ1v) is 9.24. The van der Waals surface area contributed by atoms with E-state index in [4.69, 9.17) is 4.74 Å². The van der Waals surface area contributed by atoms with Crippen molar-refractivity contribution in [3.8, 4) is 0 Å². The van der Waals surface area contributed by atoms with Crippen molar-refractivity contribution >= 4 is 5.91 Å². The molecule has 2 aliphatic heterocycles. The second-order valence-electron chi connectivity index (χ2n) is 8.67. The summed E-state index contributed by atoms with van der Waals surface area (Å²) in [5, 5.41) is 23.5. The number of amides is 1. The van der Waals surface area contributed by atoms with Crippen LogP contribution in [0.2, 0.25) is 0 Å². The standard InChI is InChI=1S/C19H34N2O4/c1-6-21(10-14-11-25-12-15(22)17(14)24)16(23)7-13-8-18(2,3)20-19(4,5)9-13/h8,14-15,17,20,22,24H,6-7,9-12H2,1-5H3/t14-,15-,17+/m1/s1. The van der Waals surface area contributed by atoms with Gasteiger partial charge >= 0.3 is 0 Å². The Morgan fingerprint density at radius 2 is 2.00 bits per heavy atom. The Labute approximate surface area is 151 Å². The van der Waals surface area contributed by atoms with Crippen LogP contribution in [0.1, 0.15) is 47.5 Å². The maximum Gasteiger partial charge on any atom is 0.226 e. The minimum absolute atomic E-state index is 0.0393. The van der Waals surface area contributed by atoms with Crippen LogP contribution in [0.4, 0.5) is 0 Å². The van der Waals surface area contributed by atoms with Crippen molar-refractivity contribution in [2.75, 3.05) is 26.3 Å². The van der Waals surface area contributed by atoms with E-state index in [1.54, 1.807) is 4.90 Å². The number of rotatable bonds is 5. The molecule has 0 aromatic heterocycles. The molecule has 0 aromatic carbocycles. The number of carbonyl (C=O) groups excluding carboxylic acids is 1. The number of aliphatic hydroxyl groups excluding tert-OH is 2. The lowest BCUT2D eigenvalue weighted by atomic mass is 9.82. The molecule has 0 radical (unpaired) electrons. The molecule has 0 spiro atoms. The zero-order valence-electron chi connectivity index (χ0n) is 16.2. The number of nitrogens with zero attached hydrogens (tertiary/aromatic N) is 1. The Bertz CT molecular complexity index is 516. The summed E-state index contributed by atoms with van der Waals surface area (Å²) in [4.78, 5) is 14.6. The Kier molecular flexibility index (Phi) is 6.30. The van der Waals surface area contributed by atoms with Crippen LogP contribution >= 0.6 is 0 Å². The maximum absolute atomic E-state index is 12.8. The Morgan fingerprint density at radius 3 is 2.60 bits per heavy atom. The number of hydrogen-bond acceptors (Lipinski definition) is 5. The predicted octanol–water partition coefficient (Wildman–Crippen LogP) is 1.07. The molecule has 1 saturated heterocycles. The number of hydrogen-bond donors (Lipinski definition) is 3. The van der Waals surface area contributed by atoms with Gasteiger partial charge in [0.2, 0.25) is 5.91 Å². The monoisotopic (exact) mass is 354 g/mol. The molecule has 2 heterocycles. The molecule has 3 atom stereocenters. The van der Waals surface area contributed by atoms with Gasteiger partial charge in [-0.1, -0.05) is 11.6 Å². The Morgan fingerprint density at radius 1 is 1.32 bits per heavy atom. The summed E-state index contributed by atoms with van der Waals surface area (Å²) in [6.45, 7) is 12.0. The molecule has 2 aliphatic rings. The molecule has 25 heavy (non-hydrogen) atoms. The normalized spacial score (nSPS) is 31.3. The first kappa shape index (κ1) is 20.4. The van der Waals surface area contributed by atoms with Crippen LogP contribution < -0.4 is 5.32 Å². The minimum Gasteiger partial charge on any atom is -0.390 e. The van der Waals surface area contributed by atoms with Crippen molar-refractivity contribution in [2.45, 2.75) is 70.7 Å². The van der Waals surface area contributed by atoms with Gasteiger partial charge in [-0.2, -0.15) is 0 Å². The Balaban J connectivity index is 2.01. The van der Waals surface area contributed by atoms with Crippen LogP contribution in [-0.2, 0) is 9.53 Å². The van der Waals surface area contributed by atoms with Crippen molar-refractivity contribution < 1.29 is 19.7 Å². The molecule has 0 saturated carbocycles.